The molecule has 3 nitrogen and oxygen atoms in total. The zero-order valence-corrected chi connectivity index (χ0v) is 9.86. The molecule has 0 aliphatic carbocycles. The number of thioether (sulfide) groups is 1. The Labute approximate surface area is 94.6 Å². The van der Waals surface area contributed by atoms with Crippen molar-refractivity contribution in [2.75, 3.05) is 31.8 Å². The Balaban J connectivity index is 2.22. The summed E-state index contributed by atoms with van der Waals surface area (Å²) in [7, 11) is 3.69. The summed E-state index contributed by atoms with van der Waals surface area (Å²) in [6, 6.07) is 6.63. The maximum atomic E-state index is 5.34. The van der Waals surface area contributed by atoms with E-state index >= 15 is 0 Å². The molecule has 1 atom stereocenters. The fourth-order valence-corrected chi connectivity index (χ4v) is 2.80. The first-order chi connectivity index (χ1) is 7.35. The highest BCUT2D eigenvalue weighted by Gasteiger charge is 2.20. The number of para-hydroxylation sites is 1. The smallest absolute Gasteiger partial charge is 0.143 e. The highest BCUT2D eigenvalue weighted by molar-refractivity contribution is 7.99. The summed E-state index contributed by atoms with van der Waals surface area (Å²) >= 11 is 1.88. The molecule has 0 spiro atoms. The van der Waals surface area contributed by atoms with E-state index in [9.17, 15) is 0 Å². The van der Waals surface area contributed by atoms with Gasteiger partial charge in [-0.2, -0.15) is 0 Å². The standard InChI is InChI=1S/C11H16N2OS/c1-12-6-8-7-15-10-5-3-4-9(14-2)11(10)13-8/h3-5,8,12-13H,6-7H2,1-2H3. The van der Waals surface area contributed by atoms with Crippen molar-refractivity contribution in [3.05, 3.63) is 18.2 Å². The molecule has 0 saturated heterocycles. The predicted octanol–water partition coefficient (Wildman–Crippen LogP) is 1.80. The minimum atomic E-state index is 0.476. The normalized spacial score (nSPS) is 19.2. The summed E-state index contributed by atoms with van der Waals surface area (Å²) < 4.78 is 5.34. The summed E-state index contributed by atoms with van der Waals surface area (Å²) in [4.78, 5) is 1.28. The van der Waals surface area contributed by atoms with Crippen molar-refractivity contribution in [1.82, 2.24) is 5.32 Å². The van der Waals surface area contributed by atoms with E-state index in [4.69, 9.17) is 4.74 Å². The molecule has 1 heterocycles. The summed E-state index contributed by atoms with van der Waals surface area (Å²) in [6.07, 6.45) is 0. The SMILES string of the molecule is CNCC1CSc2cccc(OC)c2N1. The maximum absolute atomic E-state index is 5.34. The van der Waals surface area contributed by atoms with Gasteiger partial charge in [-0.3, -0.25) is 0 Å². The minimum Gasteiger partial charge on any atom is -0.495 e. The van der Waals surface area contributed by atoms with E-state index in [2.05, 4.69) is 16.7 Å². The summed E-state index contributed by atoms with van der Waals surface area (Å²) in [6.45, 7) is 0.977. The Kier molecular flexibility index (Phi) is 3.38. The van der Waals surface area contributed by atoms with Crippen LogP contribution in [0.15, 0.2) is 23.1 Å². The maximum Gasteiger partial charge on any atom is 0.143 e. The molecule has 0 fully saturated rings. The van der Waals surface area contributed by atoms with Crippen molar-refractivity contribution in [1.29, 1.82) is 0 Å². The van der Waals surface area contributed by atoms with E-state index in [1.165, 1.54) is 4.90 Å². The topological polar surface area (TPSA) is 33.3 Å². The lowest BCUT2D eigenvalue weighted by molar-refractivity contribution is 0.415. The number of methoxy groups -OCH3 is 1. The van der Waals surface area contributed by atoms with Crippen LogP contribution >= 0.6 is 11.8 Å². The number of hydrogen-bond donors (Lipinski definition) is 2. The molecule has 1 aliphatic heterocycles. The number of likely N-dealkylation sites (N-methyl/N-ethyl adjacent to an activating group) is 1. The number of ether oxygens (including phenoxy) is 1. The molecular weight excluding hydrogens is 208 g/mol. The quantitative estimate of drug-likeness (QED) is 0.820. The first kappa shape index (κ1) is 10.6. The number of rotatable bonds is 3. The Bertz CT molecular complexity index is 329. The average Bonchev–Trinajstić information content (AvgIpc) is 2.28. The number of benzene rings is 1. The third-order valence-corrected chi connectivity index (χ3v) is 3.67. The van der Waals surface area contributed by atoms with Crippen molar-refractivity contribution in [2.45, 2.75) is 10.9 Å². The Morgan fingerprint density at radius 3 is 3.20 bits per heavy atom. The molecule has 2 N–H and O–H groups in total. The van der Waals surface area contributed by atoms with Gasteiger partial charge < -0.3 is 15.4 Å². The minimum absolute atomic E-state index is 0.476. The van der Waals surface area contributed by atoms with Gasteiger partial charge in [0, 0.05) is 23.2 Å². The van der Waals surface area contributed by atoms with E-state index in [1.807, 2.05) is 30.9 Å². The van der Waals surface area contributed by atoms with Gasteiger partial charge in [0.05, 0.1) is 12.8 Å². The lowest BCUT2D eigenvalue weighted by Crippen LogP contribution is -2.35. The third kappa shape index (κ3) is 2.21. The van der Waals surface area contributed by atoms with E-state index in [-0.39, 0.29) is 0 Å². The van der Waals surface area contributed by atoms with Crippen molar-refractivity contribution in [3.8, 4) is 5.75 Å². The van der Waals surface area contributed by atoms with Crippen LogP contribution in [0.1, 0.15) is 0 Å². The van der Waals surface area contributed by atoms with Gasteiger partial charge >= 0.3 is 0 Å². The van der Waals surface area contributed by atoms with Crippen LogP contribution in [0.25, 0.3) is 0 Å². The average molecular weight is 224 g/mol. The zero-order chi connectivity index (χ0) is 10.7. The molecule has 0 saturated carbocycles. The molecule has 0 radical (unpaired) electrons. The van der Waals surface area contributed by atoms with E-state index in [0.29, 0.717) is 6.04 Å². The number of anilines is 1. The lowest BCUT2D eigenvalue weighted by Gasteiger charge is -2.27. The van der Waals surface area contributed by atoms with Gasteiger partial charge in [0.25, 0.3) is 0 Å². The van der Waals surface area contributed by atoms with Gasteiger partial charge in [-0.1, -0.05) is 6.07 Å². The molecule has 4 heteroatoms. The first-order valence-corrected chi connectivity index (χ1v) is 6.04. The summed E-state index contributed by atoms with van der Waals surface area (Å²) in [5.74, 6) is 2.03. The van der Waals surface area contributed by atoms with Gasteiger partial charge in [0.2, 0.25) is 0 Å². The van der Waals surface area contributed by atoms with E-state index < -0.39 is 0 Å². The van der Waals surface area contributed by atoms with Gasteiger partial charge in [0.1, 0.15) is 5.75 Å². The van der Waals surface area contributed by atoms with Crippen LogP contribution in [0.5, 0.6) is 5.75 Å². The molecule has 1 aromatic carbocycles. The fraction of sp³-hybridized carbons (Fsp3) is 0.455. The lowest BCUT2D eigenvalue weighted by atomic mass is 10.2. The highest BCUT2D eigenvalue weighted by Crippen LogP contribution is 2.39. The Morgan fingerprint density at radius 2 is 2.47 bits per heavy atom. The second-order valence-electron chi connectivity index (χ2n) is 3.54. The van der Waals surface area contributed by atoms with Crippen LogP contribution < -0.4 is 15.4 Å². The second kappa shape index (κ2) is 4.77. The molecule has 15 heavy (non-hydrogen) atoms. The fourth-order valence-electron chi connectivity index (χ4n) is 1.74. The van der Waals surface area contributed by atoms with Crippen LogP contribution in [0.3, 0.4) is 0 Å². The number of fused-ring (bicyclic) bond motifs is 1. The Hall–Kier alpha value is -0.870. The molecule has 2 rings (SSSR count). The van der Waals surface area contributed by atoms with Gasteiger partial charge in [0.15, 0.2) is 0 Å². The van der Waals surface area contributed by atoms with Crippen LogP contribution in [0, 0.1) is 0 Å². The van der Waals surface area contributed by atoms with E-state index in [0.717, 1.165) is 23.7 Å². The van der Waals surface area contributed by atoms with Crippen LogP contribution in [-0.2, 0) is 0 Å². The van der Waals surface area contributed by atoms with Crippen molar-refractivity contribution in [2.24, 2.45) is 0 Å². The van der Waals surface area contributed by atoms with Crippen LogP contribution in [-0.4, -0.2) is 32.5 Å². The van der Waals surface area contributed by atoms with Crippen molar-refractivity contribution < 1.29 is 4.74 Å². The van der Waals surface area contributed by atoms with Crippen molar-refractivity contribution >= 4 is 17.4 Å². The predicted molar refractivity (Wildman–Crippen MR) is 65.1 cm³/mol. The third-order valence-electron chi connectivity index (χ3n) is 2.45. The number of hydrogen-bond acceptors (Lipinski definition) is 4. The molecule has 0 amide bonds. The summed E-state index contributed by atoms with van der Waals surface area (Å²) in [5.41, 5.74) is 1.14. The van der Waals surface area contributed by atoms with Crippen LogP contribution in [0.4, 0.5) is 5.69 Å². The zero-order valence-electron chi connectivity index (χ0n) is 9.04. The molecular formula is C11H16N2OS. The van der Waals surface area contributed by atoms with Gasteiger partial charge in [-0.25, -0.2) is 0 Å². The molecule has 82 valence electrons. The first-order valence-electron chi connectivity index (χ1n) is 5.06. The monoisotopic (exact) mass is 224 g/mol. The molecule has 1 unspecified atom stereocenters. The van der Waals surface area contributed by atoms with E-state index in [1.54, 1.807) is 7.11 Å². The number of nitrogens with one attached hydrogen (secondary N) is 2. The van der Waals surface area contributed by atoms with Crippen LogP contribution in [0.2, 0.25) is 0 Å². The van der Waals surface area contributed by atoms with Gasteiger partial charge in [-0.05, 0) is 19.2 Å². The second-order valence-corrected chi connectivity index (χ2v) is 4.61. The van der Waals surface area contributed by atoms with Crippen molar-refractivity contribution in [3.63, 3.8) is 0 Å². The molecule has 1 aliphatic rings. The molecule has 0 bridgehead atoms. The molecule has 1 aromatic rings. The Morgan fingerprint density at radius 1 is 1.60 bits per heavy atom. The highest BCUT2D eigenvalue weighted by atomic mass is 32.2. The summed E-state index contributed by atoms with van der Waals surface area (Å²) in [5, 5.41) is 6.70. The molecule has 0 aromatic heterocycles. The largest absolute Gasteiger partial charge is 0.495 e. The van der Waals surface area contributed by atoms with Gasteiger partial charge in [-0.15, -0.1) is 11.8 Å².